The maximum absolute atomic E-state index is 6.00. The van der Waals surface area contributed by atoms with Crippen LogP contribution in [0.5, 0.6) is 0 Å². The Morgan fingerprint density at radius 2 is 2.27 bits per heavy atom. The van der Waals surface area contributed by atoms with Crippen LogP contribution in [0.2, 0.25) is 0 Å². The van der Waals surface area contributed by atoms with E-state index in [2.05, 4.69) is 11.8 Å². The number of ether oxygens (including phenoxy) is 1. The Balaban J connectivity index is 1.95. The molecule has 0 spiro atoms. The van der Waals surface area contributed by atoms with E-state index in [4.69, 9.17) is 10.5 Å². The lowest BCUT2D eigenvalue weighted by Gasteiger charge is -2.42. The van der Waals surface area contributed by atoms with E-state index in [1.807, 2.05) is 0 Å². The van der Waals surface area contributed by atoms with Gasteiger partial charge in [-0.1, -0.05) is 0 Å². The number of hydrogen-bond acceptors (Lipinski definition) is 3. The largest absolute Gasteiger partial charge is 0.374 e. The van der Waals surface area contributed by atoms with Crippen molar-refractivity contribution in [3.05, 3.63) is 0 Å². The molecule has 1 saturated carbocycles. The summed E-state index contributed by atoms with van der Waals surface area (Å²) in [4.78, 5) is 2.62. The molecule has 1 unspecified atom stereocenters. The molecule has 1 heterocycles. The fraction of sp³-hybridized carbons (Fsp3) is 1.00. The first-order valence-corrected chi connectivity index (χ1v) is 6.38. The van der Waals surface area contributed by atoms with Gasteiger partial charge in [-0.15, -0.1) is 0 Å². The molecule has 0 amide bonds. The summed E-state index contributed by atoms with van der Waals surface area (Å²) in [5, 5.41) is 0. The van der Waals surface area contributed by atoms with E-state index in [0.717, 1.165) is 32.2 Å². The van der Waals surface area contributed by atoms with Gasteiger partial charge >= 0.3 is 0 Å². The summed E-state index contributed by atoms with van der Waals surface area (Å²) in [6, 6.07) is 0.864. The number of piperidine rings is 1. The minimum absolute atomic E-state index is 0.0737. The maximum atomic E-state index is 6.00. The molecular weight excluding hydrogens is 188 g/mol. The summed E-state index contributed by atoms with van der Waals surface area (Å²) in [5.74, 6) is 0. The molecule has 15 heavy (non-hydrogen) atoms. The van der Waals surface area contributed by atoms with Gasteiger partial charge in [0.1, 0.15) is 0 Å². The van der Waals surface area contributed by atoms with Crippen molar-refractivity contribution in [3.63, 3.8) is 0 Å². The minimum Gasteiger partial charge on any atom is -0.374 e. The van der Waals surface area contributed by atoms with Gasteiger partial charge in [-0.25, -0.2) is 0 Å². The third kappa shape index (κ3) is 2.71. The molecule has 0 aromatic heterocycles. The molecule has 0 aromatic carbocycles. The normalized spacial score (nSPS) is 33.2. The van der Waals surface area contributed by atoms with Gasteiger partial charge in [0, 0.05) is 19.2 Å². The first-order chi connectivity index (χ1) is 7.29. The zero-order valence-electron chi connectivity index (χ0n) is 9.87. The highest BCUT2D eigenvalue weighted by Crippen LogP contribution is 2.35. The van der Waals surface area contributed by atoms with Crippen LogP contribution in [0.4, 0.5) is 0 Å². The molecule has 1 saturated heterocycles. The molecule has 3 nitrogen and oxygen atoms in total. The summed E-state index contributed by atoms with van der Waals surface area (Å²) in [7, 11) is 0. The number of likely N-dealkylation sites (tertiary alicyclic amines) is 1. The molecule has 2 aliphatic rings. The van der Waals surface area contributed by atoms with Gasteiger partial charge in [-0.3, -0.25) is 4.90 Å². The average molecular weight is 212 g/mol. The van der Waals surface area contributed by atoms with Crippen LogP contribution in [-0.2, 0) is 4.74 Å². The topological polar surface area (TPSA) is 38.5 Å². The summed E-state index contributed by atoms with van der Waals surface area (Å²) in [6.45, 7) is 6.04. The maximum Gasteiger partial charge on any atom is 0.0821 e. The third-order valence-corrected chi connectivity index (χ3v) is 3.68. The first kappa shape index (κ1) is 11.4. The van der Waals surface area contributed by atoms with Crippen LogP contribution >= 0.6 is 0 Å². The van der Waals surface area contributed by atoms with E-state index in [-0.39, 0.29) is 5.60 Å². The van der Waals surface area contributed by atoms with Crippen LogP contribution in [0, 0.1) is 0 Å². The molecule has 1 atom stereocenters. The first-order valence-electron chi connectivity index (χ1n) is 6.38. The van der Waals surface area contributed by atoms with Crippen LogP contribution in [0.3, 0.4) is 0 Å². The molecule has 0 radical (unpaired) electrons. The van der Waals surface area contributed by atoms with Crippen LogP contribution in [0.15, 0.2) is 0 Å². The fourth-order valence-corrected chi connectivity index (χ4v) is 2.85. The Bertz CT molecular complexity index is 192. The molecule has 0 bridgehead atoms. The molecule has 2 fully saturated rings. The van der Waals surface area contributed by atoms with Gasteiger partial charge in [0.05, 0.1) is 5.60 Å². The summed E-state index contributed by atoms with van der Waals surface area (Å²) in [6.07, 6.45) is 6.28. The molecule has 1 aliphatic carbocycles. The molecule has 88 valence electrons. The summed E-state index contributed by atoms with van der Waals surface area (Å²) in [5.41, 5.74) is 5.79. The third-order valence-electron chi connectivity index (χ3n) is 3.68. The molecule has 3 heteroatoms. The number of hydrogen-bond donors (Lipinski definition) is 1. The van der Waals surface area contributed by atoms with E-state index >= 15 is 0 Å². The zero-order chi connectivity index (χ0) is 10.7. The number of rotatable bonds is 5. The summed E-state index contributed by atoms with van der Waals surface area (Å²) >= 11 is 0. The molecule has 2 N–H and O–H groups in total. The number of nitrogens with two attached hydrogens (primary N) is 1. The Morgan fingerprint density at radius 3 is 2.87 bits per heavy atom. The van der Waals surface area contributed by atoms with Crippen molar-refractivity contribution in [2.45, 2.75) is 50.7 Å². The monoisotopic (exact) mass is 212 g/mol. The van der Waals surface area contributed by atoms with Crippen LogP contribution in [0.1, 0.15) is 39.0 Å². The van der Waals surface area contributed by atoms with E-state index in [9.17, 15) is 0 Å². The Labute approximate surface area is 93.0 Å². The highest BCUT2D eigenvalue weighted by atomic mass is 16.5. The standard InChI is InChI=1S/C12H24N2O/c1-2-15-12(7-8-13)6-3-9-14(10-12)11-4-5-11/h11H,2-10,13H2,1H3. The zero-order valence-corrected chi connectivity index (χ0v) is 9.87. The molecule has 2 rings (SSSR count). The quantitative estimate of drug-likeness (QED) is 0.748. The van der Waals surface area contributed by atoms with Crippen molar-refractivity contribution in [2.24, 2.45) is 5.73 Å². The fourth-order valence-electron chi connectivity index (χ4n) is 2.85. The van der Waals surface area contributed by atoms with Crippen LogP contribution < -0.4 is 5.73 Å². The number of nitrogens with zero attached hydrogens (tertiary/aromatic N) is 1. The summed E-state index contributed by atoms with van der Waals surface area (Å²) < 4.78 is 6.00. The van der Waals surface area contributed by atoms with Crippen molar-refractivity contribution >= 4 is 0 Å². The van der Waals surface area contributed by atoms with Gasteiger partial charge in [-0.2, -0.15) is 0 Å². The highest BCUT2D eigenvalue weighted by molar-refractivity contribution is 4.95. The van der Waals surface area contributed by atoms with Crippen molar-refractivity contribution < 1.29 is 4.74 Å². The van der Waals surface area contributed by atoms with E-state index < -0.39 is 0 Å². The predicted octanol–water partition coefficient (Wildman–Crippen LogP) is 1.37. The second kappa shape index (κ2) is 4.81. The van der Waals surface area contributed by atoms with Gasteiger partial charge in [0.15, 0.2) is 0 Å². The molecule has 0 aromatic rings. The Hall–Kier alpha value is -0.120. The van der Waals surface area contributed by atoms with E-state index in [1.165, 1.54) is 32.2 Å². The molecule has 1 aliphatic heterocycles. The van der Waals surface area contributed by atoms with Crippen molar-refractivity contribution in [1.82, 2.24) is 4.90 Å². The minimum atomic E-state index is 0.0737. The Kier molecular flexibility index (Phi) is 3.65. The van der Waals surface area contributed by atoms with Gasteiger partial charge in [0.25, 0.3) is 0 Å². The van der Waals surface area contributed by atoms with Crippen molar-refractivity contribution in [2.75, 3.05) is 26.2 Å². The van der Waals surface area contributed by atoms with Crippen molar-refractivity contribution in [1.29, 1.82) is 0 Å². The van der Waals surface area contributed by atoms with Crippen LogP contribution in [0.25, 0.3) is 0 Å². The van der Waals surface area contributed by atoms with Crippen molar-refractivity contribution in [3.8, 4) is 0 Å². The van der Waals surface area contributed by atoms with Gasteiger partial charge in [0.2, 0.25) is 0 Å². The average Bonchev–Trinajstić information content (AvgIpc) is 3.02. The van der Waals surface area contributed by atoms with Gasteiger partial charge < -0.3 is 10.5 Å². The second-order valence-corrected chi connectivity index (χ2v) is 4.96. The highest BCUT2D eigenvalue weighted by Gasteiger charge is 2.40. The molecular formula is C12H24N2O. The predicted molar refractivity (Wildman–Crippen MR) is 61.9 cm³/mol. The van der Waals surface area contributed by atoms with Gasteiger partial charge in [-0.05, 0) is 52.1 Å². The second-order valence-electron chi connectivity index (χ2n) is 4.96. The SMILES string of the molecule is CCOC1(CCN)CCCN(C2CC2)C1. The Morgan fingerprint density at radius 1 is 1.47 bits per heavy atom. The lowest BCUT2D eigenvalue weighted by molar-refractivity contribution is -0.0907. The smallest absolute Gasteiger partial charge is 0.0821 e. The van der Waals surface area contributed by atoms with E-state index in [0.29, 0.717) is 0 Å². The lowest BCUT2D eigenvalue weighted by atomic mass is 9.89. The lowest BCUT2D eigenvalue weighted by Crippen LogP contribution is -2.51. The van der Waals surface area contributed by atoms with E-state index in [1.54, 1.807) is 0 Å². The van der Waals surface area contributed by atoms with Crippen LogP contribution in [-0.4, -0.2) is 42.8 Å².